The third-order valence-electron chi connectivity index (χ3n) is 5.32. The molecular formula is C27H23N5O3S3. The average Bonchev–Trinajstić information content (AvgIpc) is 2.92. The van der Waals surface area contributed by atoms with Gasteiger partial charge in [-0.1, -0.05) is 54.7 Å². The van der Waals surface area contributed by atoms with E-state index in [1.165, 1.54) is 30.2 Å². The van der Waals surface area contributed by atoms with Crippen molar-refractivity contribution in [2.45, 2.75) is 33.7 Å². The van der Waals surface area contributed by atoms with Crippen LogP contribution in [0.2, 0.25) is 0 Å². The molecule has 0 aliphatic carbocycles. The highest BCUT2D eigenvalue weighted by molar-refractivity contribution is 7.99. The summed E-state index contributed by atoms with van der Waals surface area (Å²) in [6.45, 7) is 4.07. The molecule has 0 aliphatic rings. The molecule has 0 unspecified atom stereocenters. The van der Waals surface area contributed by atoms with Crippen molar-refractivity contribution in [2.24, 2.45) is 0 Å². The van der Waals surface area contributed by atoms with Crippen LogP contribution in [-0.4, -0.2) is 34.1 Å². The smallest absolute Gasteiger partial charge is 0.339 e. The van der Waals surface area contributed by atoms with Crippen LogP contribution in [-0.2, 0) is 10.1 Å². The van der Waals surface area contributed by atoms with Crippen molar-refractivity contribution in [3.05, 3.63) is 90.9 Å². The number of nitrogens with one attached hydrogen (secondary N) is 1. The highest BCUT2D eigenvalue weighted by Crippen LogP contribution is 2.37. The molecule has 0 saturated carbocycles. The number of hydrogen-bond donors (Lipinski definition) is 1. The highest BCUT2D eigenvalue weighted by Gasteiger charge is 2.16. The Morgan fingerprint density at radius 3 is 2.50 bits per heavy atom. The fourth-order valence-electron chi connectivity index (χ4n) is 3.54. The molecule has 0 fully saturated rings. The van der Waals surface area contributed by atoms with Gasteiger partial charge in [-0.05, 0) is 66.8 Å². The van der Waals surface area contributed by atoms with Gasteiger partial charge in [-0.15, -0.1) is 0 Å². The second-order valence-electron chi connectivity index (χ2n) is 8.09. The number of benzene rings is 3. The summed E-state index contributed by atoms with van der Waals surface area (Å²) in [5.74, 6) is 1.74. The molecule has 0 bridgehead atoms. The summed E-state index contributed by atoms with van der Waals surface area (Å²) in [6, 6.07) is 21.1. The third kappa shape index (κ3) is 6.07. The largest absolute Gasteiger partial charge is 0.379 e. The van der Waals surface area contributed by atoms with Crippen molar-refractivity contribution >= 4 is 56.2 Å². The van der Waals surface area contributed by atoms with Gasteiger partial charge in [0, 0.05) is 16.0 Å². The lowest BCUT2D eigenvalue weighted by Crippen LogP contribution is -2.09. The normalized spacial score (nSPS) is 11.4. The van der Waals surface area contributed by atoms with Gasteiger partial charge in [-0.25, -0.2) is 19.9 Å². The van der Waals surface area contributed by atoms with Crippen LogP contribution >= 0.6 is 23.5 Å². The maximum absolute atomic E-state index is 12.5. The molecule has 192 valence electrons. The van der Waals surface area contributed by atoms with Crippen molar-refractivity contribution in [3.63, 3.8) is 0 Å². The van der Waals surface area contributed by atoms with E-state index in [0.717, 1.165) is 32.2 Å². The molecule has 3 aromatic carbocycles. The van der Waals surface area contributed by atoms with E-state index in [4.69, 9.17) is 4.18 Å². The lowest BCUT2D eigenvalue weighted by molar-refractivity contribution is 0.486. The first-order chi connectivity index (χ1) is 18.4. The molecule has 0 amide bonds. The second-order valence-corrected chi connectivity index (χ2v) is 12.0. The topological polar surface area (TPSA) is 107 Å². The zero-order valence-electron chi connectivity index (χ0n) is 20.5. The number of aryl methyl sites for hydroxylation is 1. The molecular weight excluding hydrogens is 539 g/mol. The maximum atomic E-state index is 12.5. The molecule has 1 N–H and O–H groups in total. The predicted octanol–water partition coefficient (Wildman–Crippen LogP) is 6.50. The number of rotatable bonds is 9. The number of nitrogens with zero attached hydrogens (tertiary/aromatic N) is 4. The molecule has 0 spiro atoms. The summed E-state index contributed by atoms with van der Waals surface area (Å²) >= 11 is 3.09. The predicted molar refractivity (Wildman–Crippen MR) is 151 cm³/mol. The van der Waals surface area contributed by atoms with Gasteiger partial charge in [0.05, 0.1) is 11.1 Å². The zero-order chi connectivity index (χ0) is 26.5. The number of aromatic nitrogens is 4. The standard InChI is InChI=1S/C27H23N5O3S3/c1-3-36-27-28-16-22-25(29-17-30-26(22)32-27)31-23-15-18(2)9-14-24(23)37-20-12-10-19(11-13-20)35-38(33,34)21-7-5-4-6-8-21/h4-17H,3H2,1-2H3,(H,28,29,30,31,32). The van der Waals surface area contributed by atoms with Gasteiger partial charge in [0.2, 0.25) is 0 Å². The molecule has 5 aromatic rings. The Bertz CT molecular complexity index is 1680. The van der Waals surface area contributed by atoms with Gasteiger partial charge < -0.3 is 9.50 Å². The van der Waals surface area contributed by atoms with E-state index in [1.54, 1.807) is 48.3 Å². The van der Waals surface area contributed by atoms with E-state index in [-0.39, 0.29) is 10.6 Å². The zero-order valence-corrected chi connectivity index (χ0v) is 23.0. The lowest BCUT2D eigenvalue weighted by atomic mass is 10.2. The van der Waals surface area contributed by atoms with Crippen LogP contribution in [0.25, 0.3) is 11.0 Å². The van der Waals surface area contributed by atoms with Gasteiger partial charge >= 0.3 is 10.1 Å². The lowest BCUT2D eigenvalue weighted by Gasteiger charge is -2.14. The first-order valence-corrected chi connectivity index (χ1v) is 14.9. The molecule has 0 atom stereocenters. The number of thioether (sulfide) groups is 1. The molecule has 2 aromatic heterocycles. The van der Waals surface area contributed by atoms with Crippen molar-refractivity contribution in [2.75, 3.05) is 11.1 Å². The summed E-state index contributed by atoms with van der Waals surface area (Å²) in [5.41, 5.74) is 2.54. The Hall–Kier alpha value is -3.67. The van der Waals surface area contributed by atoms with Crippen molar-refractivity contribution in [3.8, 4) is 5.75 Å². The molecule has 0 radical (unpaired) electrons. The van der Waals surface area contributed by atoms with Gasteiger partial charge in [-0.3, -0.25) is 0 Å². The monoisotopic (exact) mass is 561 g/mol. The molecule has 0 saturated heterocycles. The van der Waals surface area contributed by atoms with Crippen molar-refractivity contribution in [1.82, 2.24) is 19.9 Å². The van der Waals surface area contributed by atoms with Gasteiger partial charge in [-0.2, -0.15) is 8.42 Å². The minimum absolute atomic E-state index is 0.108. The number of anilines is 2. The van der Waals surface area contributed by atoms with E-state index in [2.05, 4.69) is 32.2 Å². The summed E-state index contributed by atoms with van der Waals surface area (Å²) in [7, 11) is -3.90. The fraction of sp³-hybridized carbons (Fsp3) is 0.111. The summed E-state index contributed by atoms with van der Waals surface area (Å²) < 4.78 is 30.3. The molecule has 0 aliphatic heterocycles. The van der Waals surface area contributed by atoms with Crippen molar-refractivity contribution < 1.29 is 12.6 Å². The summed E-state index contributed by atoms with van der Waals surface area (Å²) in [6.07, 6.45) is 3.23. The Kier molecular flexibility index (Phi) is 7.77. The molecule has 2 heterocycles. The van der Waals surface area contributed by atoms with E-state index in [9.17, 15) is 8.42 Å². The van der Waals surface area contributed by atoms with Crippen LogP contribution in [0.1, 0.15) is 12.5 Å². The first-order valence-electron chi connectivity index (χ1n) is 11.7. The number of fused-ring (bicyclic) bond motifs is 1. The van der Waals surface area contributed by atoms with Gasteiger partial charge in [0.15, 0.2) is 10.8 Å². The first kappa shape index (κ1) is 26.0. The molecule has 38 heavy (non-hydrogen) atoms. The highest BCUT2D eigenvalue weighted by atomic mass is 32.2. The van der Waals surface area contributed by atoms with Crippen molar-refractivity contribution in [1.29, 1.82) is 0 Å². The van der Waals surface area contributed by atoms with Crippen LogP contribution in [0.15, 0.2) is 105 Å². The van der Waals surface area contributed by atoms with E-state index in [1.807, 2.05) is 37.3 Å². The third-order valence-corrected chi connectivity index (χ3v) is 8.41. The van der Waals surface area contributed by atoms with Crippen LogP contribution in [0, 0.1) is 6.92 Å². The van der Waals surface area contributed by atoms with Gasteiger partial charge in [0.1, 0.15) is 22.8 Å². The van der Waals surface area contributed by atoms with Gasteiger partial charge in [0.25, 0.3) is 0 Å². The van der Waals surface area contributed by atoms with E-state index >= 15 is 0 Å². The Morgan fingerprint density at radius 1 is 0.947 bits per heavy atom. The Balaban J connectivity index is 1.37. The van der Waals surface area contributed by atoms with E-state index in [0.29, 0.717) is 16.6 Å². The molecule has 5 rings (SSSR count). The van der Waals surface area contributed by atoms with Crippen LogP contribution in [0.5, 0.6) is 5.75 Å². The summed E-state index contributed by atoms with van der Waals surface area (Å²) in [4.78, 5) is 19.7. The Labute approximate surface area is 229 Å². The van der Waals surface area contributed by atoms with Crippen LogP contribution in [0.3, 0.4) is 0 Å². The molecule has 8 nitrogen and oxygen atoms in total. The average molecular weight is 562 g/mol. The second kappa shape index (κ2) is 11.4. The SMILES string of the molecule is CCSc1ncc2c(Nc3cc(C)ccc3Sc3ccc(OS(=O)(=O)c4ccccc4)cc3)ncnc2n1. The summed E-state index contributed by atoms with van der Waals surface area (Å²) in [5, 5.41) is 4.84. The molecule has 11 heteroatoms. The van der Waals surface area contributed by atoms with E-state index < -0.39 is 10.1 Å². The fourth-order valence-corrected chi connectivity index (χ4v) is 5.91. The van der Waals surface area contributed by atoms with Crippen LogP contribution in [0.4, 0.5) is 11.5 Å². The van der Waals surface area contributed by atoms with Crippen LogP contribution < -0.4 is 9.50 Å². The quantitative estimate of drug-likeness (QED) is 0.122. The minimum atomic E-state index is -3.90. The minimum Gasteiger partial charge on any atom is -0.379 e. The maximum Gasteiger partial charge on any atom is 0.339 e. The number of hydrogen-bond acceptors (Lipinski definition) is 10. The Morgan fingerprint density at radius 2 is 1.74 bits per heavy atom.